The Hall–Kier alpha value is -3.32. The van der Waals surface area contributed by atoms with Crippen molar-refractivity contribution < 1.29 is 14.3 Å². The van der Waals surface area contributed by atoms with Crippen LogP contribution in [0.1, 0.15) is 27.7 Å². The molecule has 1 atom stereocenters. The van der Waals surface area contributed by atoms with Gasteiger partial charge in [-0.1, -0.05) is 18.2 Å². The topological polar surface area (TPSA) is 80.3 Å². The summed E-state index contributed by atoms with van der Waals surface area (Å²) < 4.78 is 5.33. The summed E-state index contributed by atoms with van der Waals surface area (Å²) in [5.74, 6) is 0.765. The molecular weight excluding hydrogens is 386 g/mol. The Kier molecular flexibility index (Phi) is 5.48. The third-order valence-electron chi connectivity index (χ3n) is 4.56. The van der Waals surface area contributed by atoms with E-state index in [0.29, 0.717) is 22.8 Å². The van der Waals surface area contributed by atoms with Crippen LogP contribution in [0.15, 0.2) is 71.8 Å². The Morgan fingerprint density at radius 2 is 2.07 bits per heavy atom. The Morgan fingerprint density at radius 3 is 2.86 bits per heavy atom. The van der Waals surface area contributed by atoms with Crippen LogP contribution in [0.2, 0.25) is 0 Å². The molecule has 146 valence electrons. The van der Waals surface area contributed by atoms with Crippen LogP contribution in [0, 0.1) is 0 Å². The van der Waals surface area contributed by atoms with Crippen molar-refractivity contribution in [2.24, 2.45) is 0 Å². The lowest BCUT2D eigenvalue weighted by molar-refractivity contribution is -0.113. The highest BCUT2D eigenvalue weighted by Gasteiger charge is 2.22. The summed E-state index contributed by atoms with van der Waals surface area (Å²) >= 11 is 1.46. The number of ether oxygens (including phenoxy) is 1. The molecule has 0 bridgehead atoms. The van der Waals surface area contributed by atoms with Gasteiger partial charge in [-0.25, -0.2) is 0 Å². The number of amides is 2. The zero-order chi connectivity index (χ0) is 20.2. The number of pyridine rings is 1. The molecular formula is C22H19N3O3S. The molecule has 3 aromatic rings. The normalized spacial score (nSPS) is 13.8. The number of rotatable bonds is 5. The molecule has 0 unspecified atom stereocenters. The second kappa shape index (κ2) is 8.36. The number of anilines is 1. The number of carbonyl (C=O) groups is 2. The van der Waals surface area contributed by atoms with Gasteiger partial charge in [-0.2, -0.15) is 0 Å². The van der Waals surface area contributed by atoms with E-state index >= 15 is 0 Å². The first kappa shape index (κ1) is 19.0. The van der Waals surface area contributed by atoms with E-state index in [1.54, 1.807) is 25.4 Å². The quantitative estimate of drug-likeness (QED) is 0.677. The van der Waals surface area contributed by atoms with E-state index < -0.39 is 6.04 Å². The van der Waals surface area contributed by atoms with Crippen molar-refractivity contribution in [3.8, 4) is 5.75 Å². The summed E-state index contributed by atoms with van der Waals surface area (Å²) in [6.45, 7) is 0. The smallest absolute Gasteiger partial charge is 0.252 e. The first-order valence-corrected chi connectivity index (χ1v) is 10.0. The van der Waals surface area contributed by atoms with Crippen molar-refractivity contribution >= 4 is 29.3 Å². The first-order valence-electron chi connectivity index (χ1n) is 9.06. The SMILES string of the molecule is COc1cccc([C@H](NC(=O)c2ccc3c(c2)NC(=O)CS3)c2ccccn2)c1. The third kappa shape index (κ3) is 4.25. The summed E-state index contributed by atoms with van der Waals surface area (Å²) in [4.78, 5) is 30.1. The van der Waals surface area contributed by atoms with Crippen LogP contribution in [0.3, 0.4) is 0 Å². The number of hydrogen-bond donors (Lipinski definition) is 2. The fourth-order valence-electron chi connectivity index (χ4n) is 3.13. The molecule has 2 N–H and O–H groups in total. The Balaban J connectivity index is 1.65. The predicted octanol–water partition coefficient (Wildman–Crippen LogP) is 3.65. The largest absolute Gasteiger partial charge is 0.497 e. The Labute approximate surface area is 172 Å². The van der Waals surface area contributed by atoms with Crippen LogP contribution < -0.4 is 15.4 Å². The highest BCUT2D eigenvalue weighted by Crippen LogP contribution is 2.32. The molecule has 0 aliphatic carbocycles. The van der Waals surface area contributed by atoms with E-state index in [4.69, 9.17) is 4.74 Å². The van der Waals surface area contributed by atoms with Crippen molar-refractivity contribution in [2.75, 3.05) is 18.2 Å². The molecule has 0 saturated carbocycles. The molecule has 1 aromatic heterocycles. The molecule has 6 nitrogen and oxygen atoms in total. The summed E-state index contributed by atoms with van der Waals surface area (Å²) in [6.07, 6.45) is 1.69. The number of benzene rings is 2. The maximum absolute atomic E-state index is 13.0. The van der Waals surface area contributed by atoms with Gasteiger partial charge in [-0.3, -0.25) is 14.6 Å². The van der Waals surface area contributed by atoms with Crippen LogP contribution in [-0.4, -0.2) is 29.7 Å². The van der Waals surface area contributed by atoms with Gasteiger partial charge >= 0.3 is 0 Å². The Bertz CT molecular complexity index is 1060. The van der Waals surface area contributed by atoms with Gasteiger partial charge in [0.2, 0.25) is 5.91 Å². The molecule has 0 saturated heterocycles. The maximum Gasteiger partial charge on any atom is 0.252 e. The molecule has 1 aliphatic heterocycles. The van der Waals surface area contributed by atoms with Gasteiger partial charge in [0.1, 0.15) is 5.75 Å². The van der Waals surface area contributed by atoms with Crippen molar-refractivity contribution in [1.82, 2.24) is 10.3 Å². The van der Waals surface area contributed by atoms with Crippen LogP contribution in [0.5, 0.6) is 5.75 Å². The van der Waals surface area contributed by atoms with E-state index in [1.165, 1.54) is 11.8 Å². The lowest BCUT2D eigenvalue weighted by Crippen LogP contribution is -2.30. The summed E-state index contributed by atoms with van der Waals surface area (Å²) in [7, 11) is 1.60. The molecule has 4 rings (SSSR count). The molecule has 29 heavy (non-hydrogen) atoms. The molecule has 2 aromatic carbocycles. The van der Waals surface area contributed by atoms with Gasteiger partial charge in [0, 0.05) is 16.7 Å². The monoisotopic (exact) mass is 405 g/mol. The number of aromatic nitrogens is 1. The fourth-order valence-corrected chi connectivity index (χ4v) is 3.92. The first-order chi connectivity index (χ1) is 14.1. The van der Waals surface area contributed by atoms with Crippen molar-refractivity contribution in [2.45, 2.75) is 10.9 Å². The minimum absolute atomic E-state index is 0.0669. The van der Waals surface area contributed by atoms with E-state index in [1.807, 2.05) is 48.5 Å². The van der Waals surface area contributed by atoms with Crippen LogP contribution in [-0.2, 0) is 4.79 Å². The van der Waals surface area contributed by atoms with Crippen LogP contribution >= 0.6 is 11.8 Å². The molecule has 2 heterocycles. The number of fused-ring (bicyclic) bond motifs is 1. The lowest BCUT2D eigenvalue weighted by atomic mass is 10.0. The van der Waals surface area contributed by atoms with Crippen molar-refractivity contribution in [1.29, 1.82) is 0 Å². The fraction of sp³-hybridized carbons (Fsp3) is 0.136. The minimum atomic E-state index is -0.446. The molecule has 0 fully saturated rings. The van der Waals surface area contributed by atoms with Crippen molar-refractivity contribution in [3.05, 3.63) is 83.7 Å². The number of methoxy groups -OCH3 is 1. The van der Waals surface area contributed by atoms with Gasteiger partial charge in [0.15, 0.2) is 0 Å². The van der Waals surface area contributed by atoms with Crippen LogP contribution in [0.25, 0.3) is 0 Å². The number of nitrogens with zero attached hydrogens (tertiary/aromatic N) is 1. The van der Waals surface area contributed by atoms with Gasteiger partial charge in [0.25, 0.3) is 5.91 Å². The highest BCUT2D eigenvalue weighted by molar-refractivity contribution is 8.00. The van der Waals surface area contributed by atoms with Gasteiger partial charge < -0.3 is 15.4 Å². The van der Waals surface area contributed by atoms with Gasteiger partial charge in [-0.15, -0.1) is 11.8 Å². The number of nitrogens with one attached hydrogen (secondary N) is 2. The molecule has 0 radical (unpaired) electrons. The molecule has 2 amide bonds. The van der Waals surface area contributed by atoms with Crippen molar-refractivity contribution in [3.63, 3.8) is 0 Å². The zero-order valence-electron chi connectivity index (χ0n) is 15.7. The average Bonchev–Trinajstić information content (AvgIpc) is 2.77. The second-order valence-corrected chi connectivity index (χ2v) is 7.50. The van der Waals surface area contributed by atoms with E-state index in [2.05, 4.69) is 15.6 Å². The summed E-state index contributed by atoms with van der Waals surface area (Å²) in [6, 6.07) is 18.0. The van der Waals surface area contributed by atoms with Gasteiger partial charge in [0.05, 0.1) is 30.3 Å². The predicted molar refractivity (Wildman–Crippen MR) is 112 cm³/mol. The number of carbonyl (C=O) groups excluding carboxylic acids is 2. The number of hydrogen-bond acceptors (Lipinski definition) is 5. The van der Waals surface area contributed by atoms with E-state index in [-0.39, 0.29) is 11.8 Å². The minimum Gasteiger partial charge on any atom is -0.497 e. The lowest BCUT2D eigenvalue weighted by Gasteiger charge is -2.21. The standard InChI is InChI=1S/C22H19N3O3S/c1-28-16-6-4-5-14(11-16)21(17-7-2-3-10-23-17)25-22(27)15-8-9-19-18(12-15)24-20(26)13-29-19/h2-12,21H,13H2,1H3,(H,24,26)(H,25,27)/t21-/m0/s1. The molecule has 0 spiro atoms. The summed E-state index contributed by atoms with van der Waals surface area (Å²) in [5, 5.41) is 5.88. The van der Waals surface area contributed by atoms with Gasteiger partial charge in [-0.05, 0) is 48.0 Å². The third-order valence-corrected chi connectivity index (χ3v) is 5.63. The zero-order valence-corrected chi connectivity index (χ0v) is 16.5. The molecule has 1 aliphatic rings. The van der Waals surface area contributed by atoms with E-state index in [9.17, 15) is 9.59 Å². The molecule has 7 heteroatoms. The maximum atomic E-state index is 13.0. The van der Waals surface area contributed by atoms with E-state index in [0.717, 1.165) is 16.2 Å². The average molecular weight is 405 g/mol. The Morgan fingerprint density at radius 1 is 1.17 bits per heavy atom. The highest BCUT2D eigenvalue weighted by atomic mass is 32.2. The van der Waals surface area contributed by atoms with Crippen LogP contribution in [0.4, 0.5) is 5.69 Å². The summed E-state index contributed by atoms with van der Waals surface area (Å²) in [5.41, 5.74) is 2.71. The second-order valence-electron chi connectivity index (χ2n) is 6.49. The number of thioether (sulfide) groups is 1.